The van der Waals surface area contributed by atoms with Crippen molar-refractivity contribution in [1.82, 2.24) is 4.57 Å². The lowest BCUT2D eigenvalue weighted by molar-refractivity contribution is 0.271. The standard InChI is InChI=1S/C22H25N3O4/c1-3-7-14-12-18-20(22(27)25(14)10-11-26)19(16(13-23)21(24)29-18)15-8-5-6-9-17(15)28-4-2/h5-6,8-9,12,19,26H,3-4,7,10-11,24H2,1-2H3. The van der Waals surface area contributed by atoms with Gasteiger partial charge in [-0.1, -0.05) is 31.5 Å². The Bertz CT molecular complexity index is 1030. The molecule has 1 aliphatic rings. The van der Waals surface area contributed by atoms with Crippen molar-refractivity contribution >= 4 is 0 Å². The summed E-state index contributed by atoms with van der Waals surface area (Å²) < 4.78 is 13.0. The zero-order chi connectivity index (χ0) is 21.0. The van der Waals surface area contributed by atoms with Gasteiger partial charge in [-0.2, -0.15) is 5.26 Å². The van der Waals surface area contributed by atoms with Crippen molar-refractivity contribution in [2.24, 2.45) is 5.73 Å². The summed E-state index contributed by atoms with van der Waals surface area (Å²) in [7, 11) is 0. The molecule has 0 spiro atoms. The molecule has 0 amide bonds. The molecule has 29 heavy (non-hydrogen) atoms. The molecular weight excluding hydrogens is 370 g/mol. The van der Waals surface area contributed by atoms with Crippen LogP contribution in [0.3, 0.4) is 0 Å². The predicted molar refractivity (Wildman–Crippen MR) is 109 cm³/mol. The van der Waals surface area contributed by atoms with Crippen LogP contribution in [0, 0.1) is 11.3 Å². The van der Waals surface area contributed by atoms with Crippen molar-refractivity contribution in [2.45, 2.75) is 39.2 Å². The minimum absolute atomic E-state index is 0.0157. The molecule has 2 heterocycles. The molecule has 1 unspecified atom stereocenters. The second kappa shape index (κ2) is 8.84. The third kappa shape index (κ3) is 3.71. The fourth-order valence-electron chi connectivity index (χ4n) is 3.74. The summed E-state index contributed by atoms with van der Waals surface area (Å²) >= 11 is 0. The average Bonchev–Trinajstić information content (AvgIpc) is 2.71. The summed E-state index contributed by atoms with van der Waals surface area (Å²) in [4.78, 5) is 13.5. The zero-order valence-electron chi connectivity index (χ0n) is 16.6. The molecule has 0 fully saturated rings. The molecular formula is C22H25N3O4. The second-order valence-electron chi connectivity index (χ2n) is 6.74. The van der Waals surface area contributed by atoms with Gasteiger partial charge < -0.3 is 24.9 Å². The maximum Gasteiger partial charge on any atom is 0.258 e. The number of aromatic nitrogens is 1. The number of hydrogen-bond donors (Lipinski definition) is 2. The minimum Gasteiger partial charge on any atom is -0.494 e. The van der Waals surface area contributed by atoms with E-state index in [4.69, 9.17) is 15.2 Å². The number of ether oxygens (including phenoxy) is 2. The quantitative estimate of drug-likeness (QED) is 0.745. The normalized spacial score (nSPS) is 15.4. The van der Waals surface area contributed by atoms with Gasteiger partial charge in [0.2, 0.25) is 5.88 Å². The van der Waals surface area contributed by atoms with Crippen LogP contribution in [-0.4, -0.2) is 22.9 Å². The highest BCUT2D eigenvalue weighted by molar-refractivity contribution is 5.58. The van der Waals surface area contributed by atoms with Gasteiger partial charge in [-0.05, 0) is 19.4 Å². The van der Waals surface area contributed by atoms with Crippen molar-refractivity contribution in [3.05, 3.63) is 69.0 Å². The maximum atomic E-state index is 13.5. The van der Waals surface area contributed by atoms with E-state index in [0.29, 0.717) is 35.7 Å². The van der Waals surface area contributed by atoms with E-state index in [9.17, 15) is 15.2 Å². The second-order valence-corrected chi connectivity index (χ2v) is 6.74. The number of rotatable bonds is 7. The summed E-state index contributed by atoms with van der Waals surface area (Å²) in [6.07, 6.45) is 1.48. The van der Waals surface area contributed by atoms with Crippen LogP contribution in [0.25, 0.3) is 0 Å². The van der Waals surface area contributed by atoms with E-state index >= 15 is 0 Å². The highest BCUT2D eigenvalue weighted by atomic mass is 16.5. The Labute approximate surface area is 169 Å². The number of nitriles is 1. The lowest BCUT2D eigenvalue weighted by atomic mass is 9.83. The number of fused-ring (bicyclic) bond motifs is 1. The highest BCUT2D eigenvalue weighted by Crippen LogP contribution is 2.43. The van der Waals surface area contributed by atoms with E-state index in [-0.39, 0.29) is 30.2 Å². The Kier molecular flexibility index (Phi) is 6.25. The fourth-order valence-corrected chi connectivity index (χ4v) is 3.74. The lowest BCUT2D eigenvalue weighted by Crippen LogP contribution is -2.34. The minimum atomic E-state index is -0.709. The van der Waals surface area contributed by atoms with Gasteiger partial charge in [-0.15, -0.1) is 0 Å². The zero-order valence-corrected chi connectivity index (χ0v) is 16.6. The van der Waals surface area contributed by atoms with Crippen LogP contribution in [-0.2, 0) is 13.0 Å². The Morgan fingerprint density at radius 3 is 2.76 bits per heavy atom. The molecule has 1 atom stereocenters. The largest absolute Gasteiger partial charge is 0.494 e. The molecule has 0 saturated heterocycles. The third-order valence-electron chi connectivity index (χ3n) is 4.93. The Hall–Kier alpha value is -3.24. The Balaban J connectivity index is 2.32. The maximum absolute atomic E-state index is 13.5. The van der Waals surface area contributed by atoms with Crippen LogP contribution in [0.5, 0.6) is 11.5 Å². The molecule has 3 N–H and O–H groups in total. The first-order valence-electron chi connectivity index (χ1n) is 9.74. The first-order valence-corrected chi connectivity index (χ1v) is 9.74. The number of nitrogens with two attached hydrogens (primary N) is 1. The van der Waals surface area contributed by atoms with Crippen molar-refractivity contribution in [2.75, 3.05) is 13.2 Å². The van der Waals surface area contributed by atoms with Crippen LogP contribution in [0.15, 0.2) is 46.6 Å². The molecule has 0 aliphatic carbocycles. The van der Waals surface area contributed by atoms with Crippen LogP contribution in [0.2, 0.25) is 0 Å². The van der Waals surface area contributed by atoms with Gasteiger partial charge in [0.05, 0.1) is 24.7 Å². The number of hydrogen-bond acceptors (Lipinski definition) is 6. The van der Waals surface area contributed by atoms with Crippen molar-refractivity contribution in [3.63, 3.8) is 0 Å². The molecule has 0 saturated carbocycles. The number of para-hydroxylation sites is 1. The van der Waals surface area contributed by atoms with Gasteiger partial charge >= 0.3 is 0 Å². The molecule has 1 aliphatic heterocycles. The number of allylic oxidation sites excluding steroid dienone is 1. The summed E-state index contributed by atoms with van der Waals surface area (Å²) in [5, 5.41) is 19.3. The first-order chi connectivity index (χ1) is 14.1. The molecule has 0 bridgehead atoms. The van der Waals surface area contributed by atoms with Crippen LogP contribution in [0.4, 0.5) is 0 Å². The molecule has 152 valence electrons. The fraction of sp³-hybridized carbons (Fsp3) is 0.364. The first kappa shape index (κ1) is 20.5. The smallest absolute Gasteiger partial charge is 0.258 e. The van der Waals surface area contributed by atoms with Gasteiger partial charge in [0.1, 0.15) is 23.1 Å². The number of nitrogens with zero attached hydrogens (tertiary/aromatic N) is 2. The molecule has 3 rings (SSSR count). The summed E-state index contributed by atoms with van der Waals surface area (Å²) in [5.41, 5.74) is 7.71. The van der Waals surface area contributed by atoms with E-state index in [0.717, 1.165) is 12.1 Å². The van der Waals surface area contributed by atoms with Crippen molar-refractivity contribution in [3.8, 4) is 17.6 Å². The number of aliphatic hydroxyl groups is 1. The molecule has 7 nitrogen and oxygen atoms in total. The van der Waals surface area contributed by atoms with Crippen molar-refractivity contribution < 1.29 is 14.6 Å². The SMILES string of the molecule is CCCc1cc2c(c(=O)n1CCO)C(c1ccccc1OCC)C(C#N)=C(N)O2. The molecule has 2 aromatic rings. The van der Waals surface area contributed by atoms with E-state index < -0.39 is 5.92 Å². The summed E-state index contributed by atoms with van der Waals surface area (Å²) in [6.45, 7) is 4.33. The Morgan fingerprint density at radius 1 is 1.34 bits per heavy atom. The number of benzene rings is 1. The molecule has 1 aromatic heterocycles. The van der Waals surface area contributed by atoms with E-state index in [1.165, 1.54) is 0 Å². The van der Waals surface area contributed by atoms with Crippen molar-refractivity contribution in [1.29, 1.82) is 5.26 Å². The van der Waals surface area contributed by atoms with Crippen LogP contribution in [0.1, 0.15) is 43.0 Å². The lowest BCUT2D eigenvalue weighted by Gasteiger charge is -2.28. The molecule has 7 heteroatoms. The van der Waals surface area contributed by atoms with Gasteiger partial charge in [-0.25, -0.2) is 0 Å². The number of aryl methyl sites for hydroxylation is 1. The molecule has 0 radical (unpaired) electrons. The average molecular weight is 395 g/mol. The Morgan fingerprint density at radius 2 is 2.10 bits per heavy atom. The van der Waals surface area contributed by atoms with Gasteiger partial charge in [0, 0.05) is 23.9 Å². The van der Waals surface area contributed by atoms with E-state index in [2.05, 4.69) is 6.07 Å². The van der Waals surface area contributed by atoms with Gasteiger partial charge in [0.15, 0.2) is 0 Å². The van der Waals surface area contributed by atoms with Crippen LogP contribution < -0.4 is 20.8 Å². The summed E-state index contributed by atoms with van der Waals surface area (Å²) in [6, 6.07) is 11.2. The van der Waals surface area contributed by atoms with E-state index in [1.807, 2.05) is 32.0 Å². The van der Waals surface area contributed by atoms with Gasteiger partial charge in [-0.3, -0.25) is 4.79 Å². The predicted octanol–water partition coefficient (Wildman–Crippen LogP) is 2.41. The monoisotopic (exact) mass is 395 g/mol. The van der Waals surface area contributed by atoms with Gasteiger partial charge in [0.25, 0.3) is 5.56 Å². The number of aliphatic hydroxyl groups excluding tert-OH is 1. The van der Waals surface area contributed by atoms with Crippen LogP contribution >= 0.6 is 0 Å². The third-order valence-corrected chi connectivity index (χ3v) is 4.93. The molecule has 1 aromatic carbocycles. The van der Waals surface area contributed by atoms with E-state index in [1.54, 1.807) is 16.7 Å². The summed E-state index contributed by atoms with van der Waals surface area (Å²) in [5.74, 6) is 0.206. The topological polar surface area (TPSA) is 110 Å². The highest BCUT2D eigenvalue weighted by Gasteiger charge is 2.36. The number of pyridine rings is 1.